The summed E-state index contributed by atoms with van der Waals surface area (Å²) in [7, 11) is 0. The molecule has 102 valence electrons. The van der Waals surface area contributed by atoms with Crippen LogP contribution in [0.2, 0.25) is 0 Å². The van der Waals surface area contributed by atoms with Crippen LogP contribution in [0.1, 0.15) is 6.42 Å². The fourth-order valence-corrected chi connectivity index (χ4v) is 2.06. The zero-order valence-corrected chi connectivity index (χ0v) is 10.9. The maximum absolute atomic E-state index is 11.4. The molecule has 3 rings (SSSR count). The molecule has 1 aliphatic rings. The van der Waals surface area contributed by atoms with Gasteiger partial charge in [0.05, 0.1) is 0 Å². The topological polar surface area (TPSA) is 47.6 Å². The third-order valence-electron chi connectivity index (χ3n) is 3.08. The fraction of sp³-hybridized carbons (Fsp3) is 0.188. The Hall–Kier alpha value is -2.49. The molecule has 2 aromatic rings. The molecule has 20 heavy (non-hydrogen) atoms. The molecule has 0 bridgehead atoms. The summed E-state index contributed by atoms with van der Waals surface area (Å²) >= 11 is 0. The van der Waals surface area contributed by atoms with Gasteiger partial charge in [0.1, 0.15) is 17.2 Å². The van der Waals surface area contributed by atoms with Crippen molar-refractivity contribution in [1.29, 1.82) is 0 Å². The minimum absolute atomic E-state index is 0.0467. The Labute approximate surface area is 117 Å². The summed E-state index contributed by atoms with van der Waals surface area (Å²) in [6.45, 7) is 0.679. The number of ether oxygens (including phenoxy) is 2. The minimum atomic E-state index is -0.379. The Morgan fingerprint density at radius 3 is 2.20 bits per heavy atom. The number of hydrogen-bond donors (Lipinski definition) is 1. The van der Waals surface area contributed by atoms with Crippen LogP contribution in [0.5, 0.6) is 17.2 Å². The molecule has 1 atom stereocenters. The summed E-state index contributed by atoms with van der Waals surface area (Å²) in [6, 6.07) is 16.9. The van der Waals surface area contributed by atoms with E-state index in [1.54, 1.807) is 0 Å². The van der Waals surface area contributed by atoms with Gasteiger partial charge in [0.25, 0.3) is 5.91 Å². The van der Waals surface area contributed by atoms with Crippen LogP contribution in [0, 0.1) is 0 Å². The number of amides is 1. The number of rotatable bonds is 4. The molecule has 1 aliphatic heterocycles. The Balaban J connectivity index is 1.64. The number of benzene rings is 2. The van der Waals surface area contributed by atoms with Crippen molar-refractivity contribution in [3.8, 4) is 17.2 Å². The van der Waals surface area contributed by atoms with E-state index >= 15 is 0 Å². The van der Waals surface area contributed by atoms with Gasteiger partial charge in [-0.15, -0.1) is 0 Å². The third kappa shape index (κ3) is 2.91. The van der Waals surface area contributed by atoms with Crippen molar-refractivity contribution in [3.05, 3.63) is 54.6 Å². The largest absolute Gasteiger partial charge is 0.481 e. The number of carbonyl (C=O) groups excluding carboxylic acids is 1. The molecule has 1 fully saturated rings. The highest BCUT2D eigenvalue weighted by Gasteiger charge is 2.25. The SMILES string of the molecule is O=C1NCC[C@H]1Oc1ccc(Oc2ccccc2)cc1. The van der Waals surface area contributed by atoms with Crippen LogP contribution in [0.3, 0.4) is 0 Å². The van der Waals surface area contributed by atoms with E-state index in [-0.39, 0.29) is 12.0 Å². The molecule has 0 saturated carbocycles. The second-order valence-electron chi connectivity index (χ2n) is 4.57. The third-order valence-corrected chi connectivity index (χ3v) is 3.08. The fourth-order valence-electron chi connectivity index (χ4n) is 2.06. The normalized spacial score (nSPS) is 17.6. The Kier molecular flexibility index (Phi) is 3.54. The summed E-state index contributed by atoms with van der Waals surface area (Å²) in [6.07, 6.45) is 0.331. The van der Waals surface area contributed by atoms with Gasteiger partial charge >= 0.3 is 0 Å². The lowest BCUT2D eigenvalue weighted by Crippen LogP contribution is -2.27. The van der Waals surface area contributed by atoms with Crippen molar-refractivity contribution < 1.29 is 14.3 Å². The molecule has 1 amide bonds. The molecule has 1 heterocycles. The van der Waals surface area contributed by atoms with Gasteiger partial charge < -0.3 is 14.8 Å². The van der Waals surface area contributed by atoms with Crippen molar-refractivity contribution in [1.82, 2.24) is 5.32 Å². The van der Waals surface area contributed by atoms with E-state index in [1.165, 1.54) is 0 Å². The molecule has 4 heteroatoms. The summed E-state index contributed by atoms with van der Waals surface area (Å²) in [5.74, 6) is 2.15. The van der Waals surface area contributed by atoms with Crippen molar-refractivity contribution in [2.45, 2.75) is 12.5 Å². The molecule has 2 aromatic carbocycles. The van der Waals surface area contributed by atoms with E-state index in [9.17, 15) is 4.79 Å². The maximum atomic E-state index is 11.4. The van der Waals surface area contributed by atoms with Gasteiger partial charge in [-0.1, -0.05) is 18.2 Å². The molecule has 1 N–H and O–H groups in total. The quantitative estimate of drug-likeness (QED) is 0.928. The van der Waals surface area contributed by atoms with Crippen LogP contribution in [0.4, 0.5) is 0 Å². The van der Waals surface area contributed by atoms with Crippen molar-refractivity contribution in [2.24, 2.45) is 0 Å². The first kappa shape index (κ1) is 12.5. The average molecular weight is 269 g/mol. The average Bonchev–Trinajstić information content (AvgIpc) is 2.88. The van der Waals surface area contributed by atoms with Gasteiger partial charge in [-0.3, -0.25) is 4.79 Å². The monoisotopic (exact) mass is 269 g/mol. The first-order valence-corrected chi connectivity index (χ1v) is 6.58. The number of nitrogens with one attached hydrogen (secondary N) is 1. The van der Waals surface area contributed by atoms with Gasteiger partial charge in [0, 0.05) is 13.0 Å². The molecule has 0 unspecified atom stereocenters. The van der Waals surface area contributed by atoms with E-state index in [1.807, 2.05) is 54.6 Å². The smallest absolute Gasteiger partial charge is 0.261 e. The van der Waals surface area contributed by atoms with Crippen molar-refractivity contribution in [2.75, 3.05) is 6.54 Å². The molecule has 0 aliphatic carbocycles. The Morgan fingerprint density at radius 1 is 0.900 bits per heavy atom. The van der Waals surface area contributed by atoms with E-state index in [0.29, 0.717) is 18.7 Å². The molecule has 4 nitrogen and oxygen atoms in total. The van der Waals surface area contributed by atoms with E-state index in [0.717, 1.165) is 11.5 Å². The van der Waals surface area contributed by atoms with Crippen molar-refractivity contribution in [3.63, 3.8) is 0 Å². The highest BCUT2D eigenvalue weighted by Crippen LogP contribution is 2.24. The maximum Gasteiger partial charge on any atom is 0.261 e. The highest BCUT2D eigenvalue weighted by molar-refractivity contribution is 5.83. The van der Waals surface area contributed by atoms with E-state index in [2.05, 4.69) is 5.32 Å². The van der Waals surface area contributed by atoms with Crippen LogP contribution < -0.4 is 14.8 Å². The summed E-state index contributed by atoms with van der Waals surface area (Å²) in [5, 5.41) is 2.75. The van der Waals surface area contributed by atoms with Gasteiger partial charge in [0.2, 0.25) is 0 Å². The van der Waals surface area contributed by atoms with Crippen LogP contribution >= 0.6 is 0 Å². The van der Waals surface area contributed by atoms with Crippen LogP contribution in [-0.2, 0) is 4.79 Å². The van der Waals surface area contributed by atoms with E-state index in [4.69, 9.17) is 9.47 Å². The lowest BCUT2D eigenvalue weighted by atomic mass is 10.3. The standard InChI is InChI=1S/C16H15NO3/c18-16-15(10-11-17-16)20-14-8-6-13(7-9-14)19-12-4-2-1-3-5-12/h1-9,15H,10-11H2,(H,17,18)/t15-/m1/s1. The second kappa shape index (κ2) is 5.65. The van der Waals surface area contributed by atoms with Crippen LogP contribution in [-0.4, -0.2) is 18.6 Å². The van der Waals surface area contributed by atoms with Gasteiger partial charge in [0.15, 0.2) is 6.10 Å². The molecule has 1 saturated heterocycles. The lowest BCUT2D eigenvalue weighted by Gasteiger charge is -2.11. The highest BCUT2D eigenvalue weighted by atomic mass is 16.5. The Morgan fingerprint density at radius 2 is 1.55 bits per heavy atom. The summed E-state index contributed by atoms with van der Waals surface area (Å²) < 4.78 is 11.3. The predicted octanol–water partition coefficient (Wildman–Crippen LogP) is 2.75. The molecular formula is C16H15NO3. The summed E-state index contributed by atoms with van der Waals surface area (Å²) in [4.78, 5) is 11.4. The lowest BCUT2D eigenvalue weighted by molar-refractivity contribution is -0.124. The number of carbonyl (C=O) groups is 1. The predicted molar refractivity (Wildman–Crippen MR) is 75.0 cm³/mol. The van der Waals surface area contributed by atoms with Crippen molar-refractivity contribution >= 4 is 5.91 Å². The van der Waals surface area contributed by atoms with E-state index < -0.39 is 0 Å². The van der Waals surface area contributed by atoms with Crippen LogP contribution in [0.25, 0.3) is 0 Å². The van der Waals surface area contributed by atoms with Crippen LogP contribution in [0.15, 0.2) is 54.6 Å². The van der Waals surface area contributed by atoms with Gasteiger partial charge in [-0.25, -0.2) is 0 Å². The van der Waals surface area contributed by atoms with Gasteiger partial charge in [-0.2, -0.15) is 0 Å². The molecule has 0 aromatic heterocycles. The molecular weight excluding hydrogens is 254 g/mol. The second-order valence-corrected chi connectivity index (χ2v) is 4.57. The first-order chi connectivity index (χ1) is 9.81. The number of para-hydroxylation sites is 1. The number of hydrogen-bond acceptors (Lipinski definition) is 3. The summed E-state index contributed by atoms with van der Waals surface area (Å²) in [5.41, 5.74) is 0. The minimum Gasteiger partial charge on any atom is -0.481 e. The zero-order valence-electron chi connectivity index (χ0n) is 10.9. The van der Waals surface area contributed by atoms with Gasteiger partial charge in [-0.05, 0) is 36.4 Å². The zero-order chi connectivity index (χ0) is 13.8. The first-order valence-electron chi connectivity index (χ1n) is 6.58. The molecule has 0 radical (unpaired) electrons. The Bertz CT molecular complexity index is 580. The molecule has 0 spiro atoms.